The fourth-order valence-corrected chi connectivity index (χ4v) is 8.86. The first kappa shape index (κ1) is 50.7. The molecule has 8 heteroatoms. The number of hydrogen-bond acceptors (Lipinski definition) is 3. The summed E-state index contributed by atoms with van der Waals surface area (Å²) < 4.78 is 5.30. The summed E-state index contributed by atoms with van der Waals surface area (Å²) >= 11 is 0. The fraction of sp³-hybridized carbons (Fsp3) is 0.364. The Hall–Kier alpha value is -4.92. The number of aliphatic imine (C=N–C) groups is 1. The Labute approximate surface area is 397 Å². The molecule has 332 valence electrons. The molecule has 0 bridgehead atoms. The van der Waals surface area contributed by atoms with E-state index >= 15 is 0 Å². The van der Waals surface area contributed by atoms with E-state index in [9.17, 15) is 10.2 Å². The van der Waals surface area contributed by atoms with E-state index in [4.69, 9.17) is 15.5 Å². The molecule has 3 fully saturated rings. The summed E-state index contributed by atoms with van der Waals surface area (Å²) in [5, 5.41) is 10.9. The minimum atomic E-state index is -0.592. The molecule has 0 radical (unpaired) electrons. The van der Waals surface area contributed by atoms with Gasteiger partial charge in [0.15, 0.2) is 0 Å². The minimum absolute atomic E-state index is 0. The molecule has 1 amide bonds. The fourth-order valence-electron chi connectivity index (χ4n) is 8.86. The summed E-state index contributed by atoms with van der Waals surface area (Å²) in [6, 6.07) is 40.1. The van der Waals surface area contributed by atoms with Crippen molar-refractivity contribution in [3.05, 3.63) is 191 Å². The molecule has 63 heavy (non-hydrogen) atoms. The van der Waals surface area contributed by atoms with Gasteiger partial charge in [-0.25, -0.2) is 0 Å². The van der Waals surface area contributed by atoms with Gasteiger partial charge in [-0.05, 0) is 80.3 Å². The van der Waals surface area contributed by atoms with Crippen molar-refractivity contribution < 1.29 is 35.4 Å². The molecule has 2 saturated carbocycles. The van der Waals surface area contributed by atoms with Crippen LogP contribution in [0.15, 0.2) is 126 Å². The van der Waals surface area contributed by atoms with Gasteiger partial charge in [-0.2, -0.15) is 49.2 Å². The first-order chi connectivity index (χ1) is 30.1. The number of carbonyl (C=O) groups is 1. The maximum atomic E-state index is 11.8. The van der Waals surface area contributed by atoms with E-state index in [1.807, 2.05) is 113 Å². The number of anilines is 2. The second kappa shape index (κ2) is 26.6. The number of nitrogens with zero attached hydrogens (tertiary/aromatic N) is 4. The molecule has 1 N–H and O–H groups in total. The van der Waals surface area contributed by atoms with E-state index in [-0.39, 0.29) is 37.7 Å². The van der Waals surface area contributed by atoms with Crippen molar-refractivity contribution in [2.75, 3.05) is 30.0 Å². The first-order valence-electron chi connectivity index (χ1n) is 22.4. The van der Waals surface area contributed by atoms with Crippen LogP contribution in [0.2, 0.25) is 0 Å². The predicted molar refractivity (Wildman–Crippen MR) is 261 cm³/mol. The molecular weight excluding hydrogens is 941 g/mol. The van der Waals surface area contributed by atoms with Crippen molar-refractivity contribution in [3.63, 3.8) is 0 Å². The molecular formula is C55H66HfN5O2-5. The first-order valence-corrected chi connectivity index (χ1v) is 22.4. The molecule has 1 saturated heterocycles. The SMILES string of the molecule is COCc1ccccc1N1CCN(c2c(C)cc(C)cc2C)C1=[N-].[CH2-]c1ccccc1.[CH2-]c1ccccc1.[Hf].[NH-]C(=O)c1ccccc1C([C-]=NC1CCCCC1)C1CCCCC1. The molecule has 1 heterocycles. The van der Waals surface area contributed by atoms with Crippen LogP contribution in [0.4, 0.5) is 11.4 Å². The summed E-state index contributed by atoms with van der Waals surface area (Å²) in [5.41, 5.74) is 18.0. The Morgan fingerprint density at radius 3 is 1.79 bits per heavy atom. The van der Waals surface area contributed by atoms with Crippen molar-refractivity contribution in [2.24, 2.45) is 10.9 Å². The zero-order valence-electron chi connectivity index (χ0n) is 38.0. The second-order valence-electron chi connectivity index (χ2n) is 16.7. The molecule has 1 unspecified atom stereocenters. The number of benzene rings is 5. The predicted octanol–water partition coefficient (Wildman–Crippen LogP) is 13.6. The van der Waals surface area contributed by atoms with Crippen molar-refractivity contribution in [1.29, 1.82) is 0 Å². The number of carbonyl (C=O) groups excluding carboxylic acids is 1. The van der Waals surface area contributed by atoms with Crippen LogP contribution in [0.1, 0.15) is 119 Å². The van der Waals surface area contributed by atoms with Crippen molar-refractivity contribution in [1.82, 2.24) is 0 Å². The summed E-state index contributed by atoms with van der Waals surface area (Å²) in [5.74, 6) is 0.267. The largest absolute Gasteiger partial charge is 0.664 e. The number of guanidine groups is 1. The zero-order valence-corrected chi connectivity index (χ0v) is 41.6. The Balaban J connectivity index is 0.000000209. The maximum absolute atomic E-state index is 11.8. The minimum Gasteiger partial charge on any atom is -0.664 e. The quantitative estimate of drug-likeness (QED) is 0.0835. The molecule has 1 aliphatic heterocycles. The molecule has 1 atom stereocenters. The van der Waals surface area contributed by atoms with Crippen molar-refractivity contribution >= 4 is 29.5 Å². The number of para-hydroxylation sites is 1. The maximum Gasteiger partial charge on any atom is 0.0798 e. The number of methoxy groups -OCH3 is 1. The van der Waals surface area contributed by atoms with Crippen LogP contribution in [0, 0.1) is 40.5 Å². The third-order valence-electron chi connectivity index (χ3n) is 11.8. The molecule has 5 aromatic carbocycles. The Kier molecular flexibility index (Phi) is 21.5. The van der Waals surface area contributed by atoms with Gasteiger partial charge in [0.1, 0.15) is 0 Å². The topological polar surface area (TPSA) is 91.2 Å². The summed E-state index contributed by atoms with van der Waals surface area (Å²) in [6.45, 7) is 15.8. The number of aryl methyl sites for hydroxylation is 3. The van der Waals surface area contributed by atoms with E-state index in [2.05, 4.69) is 53.0 Å². The Morgan fingerprint density at radius 2 is 1.25 bits per heavy atom. The molecule has 8 rings (SSSR count). The van der Waals surface area contributed by atoms with Gasteiger partial charge < -0.3 is 41.7 Å². The van der Waals surface area contributed by atoms with Gasteiger partial charge in [-0.1, -0.05) is 141 Å². The van der Waals surface area contributed by atoms with Gasteiger partial charge in [0.2, 0.25) is 0 Å². The van der Waals surface area contributed by atoms with Crippen molar-refractivity contribution in [3.8, 4) is 0 Å². The summed E-state index contributed by atoms with van der Waals surface area (Å²) in [7, 11) is 1.69. The Bertz CT molecular complexity index is 2100. The van der Waals surface area contributed by atoms with Gasteiger partial charge in [-0.3, -0.25) is 0 Å². The molecule has 5 aromatic rings. The number of nitrogens with one attached hydrogen (secondary N) is 1. The smallest absolute Gasteiger partial charge is 0.0798 e. The van der Waals surface area contributed by atoms with E-state index < -0.39 is 5.91 Å². The monoisotopic (exact) mass is 1010 g/mol. The standard InChI is InChI=1S/C21H29N2O.C20H24N3O.2C7H7.Hf/c22-21(24)19-14-8-7-13-18(19)20(16-9-3-1-4-10-16)15-23-17-11-5-2-6-12-17;1-14-11-15(2)19(16(3)12-14)23-10-9-22(20(23)21)18-8-6-5-7-17(18)13-24-4;2*1-7-5-3-2-4-6-7;/h7-8,13-14,16-17,20H,1-6,9-12H2,(H2,22,24);5-8,11-12H,9-10,13H2,1-4H3;2*2-6H,1H2;/q4*-1;/p-1. The van der Waals surface area contributed by atoms with E-state index in [0.717, 1.165) is 46.7 Å². The molecule has 0 aromatic heterocycles. The van der Waals surface area contributed by atoms with Crippen LogP contribution in [-0.2, 0) is 37.2 Å². The number of hydrogen-bond donors (Lipinski definition) is 0. The second-order valence-corrected chi connectivity index (χ2v) is 16.7. The third-order valence-corrected chi connectivity index (χ3v) is 11.8. The van der Waals surface area contributed by atoms with Crippen LogP contribution < -0.4 is 9.80 Å². The average Bonchev–Trinajstić information content (AvgIpc) is 3.65. The van der Waals surface area contributed by atoms with E-state index in [1.54, 1.807) is 13.2 Å². The summed E-state index contributed by atoms with van der Waals surface area (Å²) in [6.07, 6.45) is 15.8. The van der Waals surface area contributed by atoms with Crippen molar-refractivity contribution in [2.45, 2.75) is 104 Å². The van der Waals surface area contributed by atoms with Crippen LogP contribution >= 0.6 is 0 Å². The van der Waals surface area contributed by atoms with Gasteiger partial charge in [0.25, 0.3) is 0 Å². The van der Waals surface area contributed by atoms with Gasteiger partial charge in [0, 0.05) is 45.0 Å². The Morgan fingerprint density at radius 1 is 0.746 bits per heavy atom. The van der Waals surface area contributed by atoms with Crippen LogP contribution in [0.5, 0.6) is 0 Å². The molecule has 2 aliphatic carbocycles. The molecule has 0 spiro atoms. The van der Waals surface area contributed by atoms with Crippen LogP contribution in [-0.4, -0.2) is 44.3 Å². The van der Waals surface area contributed by atoms with Gasteiger partial charge in [-0.15, -0.1) is 30.2 Å². The number of amides is 1. The molecule has 3 aliphatic rings. The molecule has 7 nitrogen and oxygen atoms in total. The van der Waals surface area contributed by atoms with E-state index in [1.165, 1.54) is 80.9 Å². The van der Waals surface area contributed by atoms with Gasteiger partial charge in [0.05, 0.1) is 12.5 Å². The van der Waals surface area contributed by atoms with E-state index in [0.29, 0.717) is 24.1 Å². The average molecular weight is 1010 g/mol. The normalized spacial score (nSPS) is 15.8. The van der Waals surface area contributed by atoms with Crippen LogP contribution in [0.3, 0.4) is 0 Å². The number of ether oxygens (including phenoxy) is 1. The van der Waals surface area contributed by atoms with Crippen LogP contribution in [0.25, 0.3) is 11.1 Å². The summed E-state index contributed by atoms with van der Waals surface area (Å²) in [4.78, 5) is 20.6. The number of rotatable bonds is 9. The zero-order chi connectivity index (χ0) is 44.3. The van der Waals surface area contributed by atoms with Gasteiger partial charge >= 0.3 is 0 Å². The third kappa shape index (κ3) is 15.4.